The van der Waals surface area contributed by atoms with E-state index in [1.54, 1.807) is 0 Å². The van der Waals surface area contributed by atoms with Crippen molar-refractivity contribution < 1.29 is 23.1 Å². The van der Waals surface area contributed by atoms with E-state index in [1.807, 2.05) is 18.7 Å². The molecular formula is C20H31N7O5S. The molecule has 1 fully saturated rings. The largest absolute Gasteiger partial charge is 0.495 e. The number of oxime groups is 1. The Labute approximate surface area is 193 Å². The van der Waals surface area contributed by atoms with Crippen molar-refractivity contribution in [1.82, 2.24) is 15.3 Å². The Hall–Kier alpha value is -2.74. The number of primary sulfonamides is 1. The molecule has 0 saturated carbocycles. The molecule has 1 atom stereocenters. The summed E-state index contributed by atoms with van der Waals surface area (Å²) in [6, 6.07) is 3.10. The standard InChI is InChI=1S/C20H31N7O5S/c1-12(2)23-10-14(28)11-32-26-13-4-6-27(7-5-13)20-24-16-9-17(31-3)18(33(22,29)30)8-15(16)19(21)25-20/h8-9,12,14,23,28H,4-7,10-11H2,1-3H3,(H2,21,24,25)(H2,22,29,30). The fourth-order valence-electron chi connectivity index (χ4n) is 3.37. The summed E-state index contributed by atoms with van der Waals surface area (Å²) in [6.45, 7) is 5.80. The van der Waals surface area contributed by atoms with Crippen molar-refractivity contribution in [3.8, 4) is 5.75 Å². The van der Waals surface area contributed by atoms with Crippen LogP contribution in [-0.2, 0) is 14.9 Å². The summed E-state index contributed by atoms with van der Waals surface area (Å²) in [4.78, 5) is 16.0. The van der Waals surface area contributed by atoms with Crippen LogP contribution in [0, 0.1) is 0 Å². The van der Waals surface area contributed by atoms with Crippen LogP contribution in [0.1, 0.15) is 26.7 Å². The van der Waals surface area contributed by atoms with Crippen molar-refractivity contribution in [3.05, 3.63) is 12.1 Å². The molecule has 0 spiro atoms. The van der Waals surface area contributed by atoms with Gasteiger partial charge in [-0.3, -0.25) is 0 Å². The first-order valence-corrected chi connectivity index (χ1v) is 12.1. The number of ether oxygens (including phenoxy) is 1. The van der Waals surface area contributed by atoms with Crippen molar-refractivity contribution >= 4 is 38.4 Å². The number of nitrogens with two attached hydrogens (primary N) is 2. The molecule has 1 aliphatic rings. The first-order valence-electron chi connectivity index (χ1n) is 10.6. The summed E-state index contributed by atoms with van der Waals surface area (Å²) in [5.74, 6) is 0.667. The second kappa shape index (κ2) is 10.5. The number of methoxy groups -OCH3 is 1. The zero-order valence-corrected chi connectivity index (χ0v) is 19.8. The Morgan fingerprint density at radius 1 is 1.27 bits per heavy atom. The lowest BCUT2D eigenvalue weighted by Crippen LogP contribution is -2.36. The van der Waals surface area contributed by atoms with Crippen LogP contribution in [0.25, 0.3) is 10.9 Å². The molecule has 12 nitrogen and oxygen atoms in total. The lowest BCUT2D eigenvalue weighted by Gasteiger charge is -2.27. The molecule has 1 aromatic carbocycles. The van der Waals surface area contributed by atoms with Crippen LogP contribution in [0.15, 0.2) is 22.2 Å². The summed E-state index contributed by atoms with van der Waals surface area (Å²) in [5.41, 5.74) is 7.45. The minimum atomic E-state index is -4.00. The van der Waals surface area contributed by atoms with E-state index in [0.717, 1.165) is 5.71 Å². The van der Waals surface area contributed by atoms with E-state index in [1.165, 1.54) is 19.2 Å². The molecular weight excluding hydrogens is 450 g/mol. The van der Waals surface area contributed by atoms with E-state index in [0.29, 0.717) is 55.4 Å². The predicted octanol–water partition coefficient (Wildman–Crippen LogP) is 0.200. The molecule has 2 aromatic rings. The van der Waals surface area contributed by atoms with Crippen molar-refractivity contribution in [2.24, 2.45) is 10.3 Å². The van der Waals surface area contributed by atoms with Crippen molar-refractivity contribution in [2.45, 2.75) is 43.7 Å². The van der Waals surface area contributed by atoms with E-state index in [4.69, 9.17) is 20.4 Å². The lowest BCUT2D eigenvalue weighted by molar-refractivity contribution is 0.0388. The molecule has 1 aliphatic heterocycles. The smallest absolute Gasteiger partial charge is 0.241 e. The number of nitrogens with one attached hydrogen (secondary N) is 1. The number of aliphatic hydroxyl groups is 1. The Morgan fingerprint density at radius 2 is 1.97 bits per heavy atom. The number of nitrogens with zero attached hydrogens (tertiary/aromatic N) is 4. The Kier molecular flexibility index (Phi) is 7.89. The molecule has 1 aromatic heterocycles. The van der Waals surface area contributed by atoms with E-state index in [2.05, 4.69) is 20.4 Å². The van der Waals surface area contributed by atoms with Gasteiger partial charge in [0.25, 0.3) is 0 Å². The minimum Gasteiger partial charge on any atom is -0.495 e. The molecule has 33 heavy (non-hydrogen) atoms. The van der Waals surface area contributed by atoms with E-state index in [9.17, 15) is 13.5 Å². The fourth-order valence-corrected chi connectivity index (χ4v) is 4.08. The van der Waals surface area contributed by atoms with Crippen LogP contribution in [0.5, 0.6) is 5.75 Å². The van der Waals surface area contributed by atoms with E-state index >= 15 is 0 Å². The third-order valence-electron chi connectivity index (χ3n) is 5.15. The molecule has 1 unspecified atom stereocenters. The van der Waals surface area contributed by atoms with Gasteiger partial charge in [-0.25, -0.2) is 18.5 Å². The van der Waals surface area contributed by atoms with Crippen molar-refractivity contribution in [3.63, 3.8) is 0 Å². The average molecular weight is 482 g/mol. The van der Waals surface area contributed by atoms with Gasteiger partial charge in [-0.1, -0.05) is 19.0 Å². The fraction of sp³-hybridized carbons (Fsp3) is 0.550. The number of benzene rings is 1. The van der Waals surface area contributed by atoms with Crippen LogP contribution >= 0.6 is 0 Å². The van der Waals surface area contributed by atoms with Gasteiger partial charge in [-0.05, 0) is 6.07 Å². The number of piperidine rings is 1. The summed E-state index contributed by atoms with van der Waals surface area (Å²) in [7, 11) is -2.65. The summed E-state index contributed by atoms with van der Waals surface area (Å²) in [6.07, 6.45) is 0.669. The summed E-state index contributed by atoms with van der Waals surface area (Å²) >= 11 is 0. The van der Waals surface area contributed by atoms with Crippen LogP contribution in [-0.4, -0.2) is 74.7 Å². The van der Waals surface area contributed by atoms with Gasteiger partial charge in [0.05, 0.1) is 18.3 Å². The maximum absolute atomic E-state index is 11.9. The van der Waals surface area contributed by atoms with Crippen molar-refractivity contribution in [2.75, 3.05) is 44.0 Å². The zero-order valence-electron chi connectivity index (χ0n) is 19.0. The second-order valence-corrected chi connectivity index (χ2v) is 9.66. The van der Waals surface area contributed by atoms with Gasteiger partial charge >= 0.3 is 0 Å². The normalized spacial score (nSPS) is 15.7. The maximum Gasteiger partial charge on any atom is 0.241 e. The summed E-state index contributed by atoms with van der Waals surface area (Å²) < 4.78 is 28.9. The number of aliphatic hydroxyl groups excluding tert-OH is 1. The molecule has 1 saturated heterocycles. The van der Waals surface area contributed by atoms with Crippen molar-refractivity contribution in [1.29, 1.82) is 0 Å². The van der Waals surface area contributed by atoms with Crippen LogP contribution < -0.4 is 25.8 Å². The molecule has 0 bridgehead atoms. The first-order chi connectivity index (χ1) is 15.6. The van der Waals surface area contributed by atoms with E-state index in [-0.39, 0.29) is 23.1 Å². The molecule has 0 radical (unpaired) electrons. The topological polar surface area (TPSA) is 178 Å². The highest BCUT2D eigenvalue weighted by atomic mass is 32.2. The second-order valence-electron chi connectivity index (χ2n) is 8.13. The average Bonchev–Trinajstić information content (AvgIpc) is 2.76. The summed E-state index contributed by atoms with van der Waals surface area (Å²) in [5, 5.41) is 22.8. The van der Waals surface area contributed by atoms with Gasteiger partial charge in [0.2, 0.25) is 16.0 Å². The zero-order chi connectivity index (χ0) is 24.2. The molecule has 2 heterocycles. The number of hydrogen-bond acceptors (Lipinski definition) is 11. The molecule has 0 aliphatic carbocycles. The minimum absolute atomic E-state index is 0.0880. The number of rotatable bonds is 9. The Morgan fingerprint density at radius 3 is 2.58 bits per heavy atom. The molecule has 3 rings (SSSR count). The Balaban J connectivity index is 1.67. The van der Waals surface area contributed by atoms with Gasteiger partial charge in [0, 0.05) is 50.0 Å². The number of aromatic nitrogens is 2. The van der Waals surface area contributed by atoms with Crippen LogP contribution in [0.3, 0.4) is 0 Å². The van der Waals surface area contributed by atoms with Crippen LogP contribution in [0.2, 0.25) is 0 Å². The predicted molar refractivity (Wildman–Crippen MR) is 126 cm³/mol. The van der Waals surface area contributed by atoms with Gasteiger partial charge in [-0.2, -0.15) is 4.98 Å². The first kappa shape index (κ1) is 24.9. The third kappa shape index (κ3) is 6.41. The lowest BCUT2D eigenvalue weighted by atomic mass is 10.1. The quantitative estimate of drug-likeness (QED) is 0.362. The van der Waals surface area contributed by atoms with Gasteiger partial charge in [0.15, 0.2) is 0 Å². The molecule has 13 heteroatoms. The molecule has 182 valence electrons. The van der Waals surface area contributed by atoms with Gasteiger partial charge < -0.3 is 30.6 Å². The number of anilines is 2. The monoisotopic (exact) mass is 481 g/mol. The SMILES string of the molecule is COc1cc2nc(N3CCC(=NOCC(O)CNC(C)C)CC3)nc(N)c2cc1S(N)(=O)=O. The molecule has 0 amide bonds. The number of fused-ring (bicyclic) bond motifs is 1. The highest BCUT2D eigenvalue weighted by Crippen LogP contribution is 2.31. The third-order valence-corrected chi connectivity index (χ3v) is 6.08. The number of sulfonamides is 1. The number of hydrogen-bond donors (Lipinski definition) is 4. The van der Waals surface area contributed by atoms with Gasteiger partial charge in [0.1, 0.15) is 29.2 Å². The van der Waals surface area contributed by atoms with Gasteiger partial charge in [-0.15, -0.1) is 0 Å². The molecule has 6 N–H and O–H groups in total. The van der Waals surface area contributed by atoms with E-state index < -0.39 is 16.1 Å². The highest BCUT2D eigenvalue weighted by Gasteiger charge is 2.22. The van der Waals surface area contributed by atoms with Crippen LogP contribution in [0.4, 0.5) is 11.8 Å². The maximum atomic E-state index is 11.9. The Bertz CT molecular complexity index is 1110. The number of nitrogen functional groups attached to an aromatic ring is 1. The highest BCUT2D eigenvalue weighted by molar-refractivity contribution is 7.89.